The number of morpholine rings is 1. The van der Waals surface area contributed by atoms with Gasteiger partial charge in [0, 0.05) is 41.9 Å². The highest BCUT2D eigenvalue weighted by Crippen LogP contribution is 2.34. The van der Waals surface area contributed by atoms with Gasteiger partial charge in [-0.3, -0.25) is 15.1 Å². The van der Waals surface area contributed by atoms with Crippen LogP contribution in [0.1, 0.15) is 5.56 Å². The third kappa shape index (κ3) is 6.73. The number of aliphatic imine (C=N–C) groups is 1. The lowest BCUT2D eigenvalue weighted by Gasteiger charge is -2.29. The summed E-state index contributed by atoms with van der Waals surface area (Å²) in [4.78, 5) is 23.0. The molecule has 0 aliphatic carbocycles. The number of nitrogens with zero attached hydrogens (tertiary/aromatic N) is 7. The van der Waals surface area contributed by atoms with Crippen molar-refractivity contribution in [3.8, 4) is 5.75 Å². The number of para-hydroxylation sites is 2. The molecular weight excluding hydrogens is 560 g/mol. The average molecular weight is 590 g/mol. The molecule has 1 aliphatic rings. The second-order valence-corrected chi connectivity index (χ2v) is 9.81. The lowest BCUT2D eigenvalue weighted by molar-refractivity contribution is 0.122. The summed E-state index contributed by atoms with van der Waals surface area (Å²) < 4.78 is 5.56. The molecule has 12 nitrogen and oxygen atoms in total. The fraction of sp³-hybridized carbons (Fsp3) is 0.125. The molecule has 6 rings (SSSR count). The van der Waals surface area contributed by atoms with Gasteiger partial charge in [-0.25, -0.2) is 0 Å². The molecule has 44 heavy (non-hydrogen) atoms. The maximum Gasteiger partial charge on any atom is 0.241 e. The lowest BCUT2D eigenvalue weighted by Crippen LogP contribution is -2.37. The standard InChI is InChI=1S/C32H29N8O4/c41-29-15-14-28(40(42)43)20-23(29)22-33-24-8-7-9-25(21-24)34-30-35-31(38-16-18-44-19-17-38)37-32(36-30)39(26-10-3-1-4-11-26)27-12-5-2-6-13-27/h1-15,20-22,41-42H,16-19H2,(H,34,35,36,37)/q-1. The van der Waals surface area contributed by atoms with Crippen molar-refractivity contribution in [2.24, 2.45) is 4.99 Å². The molecule has 1 aromatic heterocycles. The van der Waals surface area contributed by atoms with Gasteiger partial charge in [-0.15, -0.1) is 0 Å². The number of aromatic hydroxyl groups is 1. The topological polar surface area (TPSA) is 146 Å². The largest absolute Gasteiger partial charge is 0.733 e. The van der Waals surface area contributed by atoms with Crippen LogP contribution in [-0.4, -0.2) is 57.8 Å². The van der Waals surface area contributed by atoms with Crippen LogP contribution >= 0.6 is 0 Å². The van der Waals surface area contributed by atoms with E-state index in [4.69, 9.17) is 19.7 Å². The van der Waals surface area contributed by atoms with E-state index in [1.807, 2.05) is 77.7 Å². The number of anilines is 7. The fourth-order valence-electron chi connectivity index (χ4n) is 4.65. The Morgan fingerprint density at radius 3 is 2.20 bits per heavy atom. The van der Waals surface area contributed by atoms with Crippen LogP contribution in [0.25, 0.3) is 0 Å². The summed E-state index contributed by atoms with van der Waals surface area (Å²) in [7, 11) is 0. The Balaban J connectivity index is 1.35. The van der Waals surface area contributed by atoms with Crippen molar-refractivity contribution in [2.75, 3.05) is 46.6 Å². The number of aromatic nitrogens is 3. The molecule has 222 valence electrons. The molecule has 0 spiro atoms. The highest BCUT2D eigenvalue weighted by molar-refractivity contribution is 5.87. The number of phenolic OH excluding ortho intramolecular Hbond substituents is 1. The van der Waals surface area contributed by atoms with E-state index in [0.717, 1.165) is 11.4 Å². The molecule has 0 amide bonds. The Morgan fingerprint density at radius 1 is 0.818 bits per heavy atom. The lowest BCUT2D eigenvalue weighted by atomic mass is 10.2. The molecule has 4 aromatic carbocycles. The molecule has 1 aliphatic heterocycles. The molecule has 12 heteroatoms. The van der Waals surface area contributed by atoms with Crippen LogP contribution in [0.5, 0.6) is 5.75 Å². The number of nitrogens with one attached hydrogen (secondary N) is 1. The van der Waals surface area contributed by atoms with E-state index >= 15 is 0 Å². The second kappa shape index (κ2) is 13.2. The molecule has 5 aromatic rings. The summed E-state index contributed by atoms with van der Waals surface area (Å²) >= 11 is 0. The predicted octanol–water partition coefficient (Wildman–Crippen LogP) is 6.07. The minimum Gasteiger partial charge on any atom is -0.733 e. The van der Waals surface area contributed by atoms with Gasteiger partial charge in [0.15, 0.2) is 0 Å². The molecule has 0 unspecified atom stereocenters. The smallest absolute Gasteiger partial charge is 0.241 e. The van der Waals surface area contributed by atoms with E-state index in [1.165, 1.54) is 24.4 Å². The Hall–Kier alpha value is -5.56. The van der Waals surface area contributed by atoms with Gasteiger partial charge in [-0.2, -0.15) is 15.0 Å². The zero-order valence-electron chi connectivity index (χ0n) is 23.6. The highest BCUT2D eigenvalue weighted by Gasteiger charge is 2.21. The first-order valence-electron chi connectivity index (χ1n) is 13.9. The molecular formula is C32H29N8O4-. The summed E-state index contributed by atoms with van der Waals surface area (Å²) in [5.41, 5.74) is 3.29. The van der Waals surface area contributed by atoms with Crippen LogP contribution in [0.15, 0.2) is 108 Å². The number of hydrogen-bond acceptors (Lipinski definition) is 12. The predicted molar refractivity (Wildman–Crippen MR) is 170 cm³/mol. The quantitative estimate of drug-likeness (QED) is 0.136. The molecule has 3 N–H and O–H groups in total. The van der Waals surface area contributed by atoms with Gasteiger partial charge in [-0.1, -0.05) is 42.5 Å². The summed E-state index contributed by atoms with van der Waals surface area (Å²) in [6.45, 7) is 2.46. The van der Waals surface area contributed by atoms with Gasteiger partial charge in [-0.05, 0) is 60.7 Å². The first-order valence-corrected chi connectivity index (χ1v) is 13.9. The molecule has 0 saturated carbocycles. The first-order chi connectivity index (χ1) is 21.5. The Morgan fingerprint density at radius 2 is 1.52 bits per heavy atom. The molecule has 0 radical (unpaired) electrons. The highest BCUT2D eigenvalue weighted by atomic mass is 16.8. The van der Waals surface area contributed by atoms with Crippen LogP contribution in [0.4, 0.5) is 46.3 Å². The van der Waals surface area contributed by atoms with Crippen LogP contribution < -0.4 is 20.3 Å². The van der Waals surface area contributed by atoms with Crippen LogP contribution in [0, 0.1) is 5.21 Å². The minimum absolute atomic E-state index is 0.0265. The SMILES string of the molecule is [O-]N(O)c1ccc(O)c(C=Nc2cccc(Nc3nc(N4CCOCC4)nc(N(c4ccccc4)c4ccccc4)n3)c2)c1. The molecule has 0 bridgehead atoms. The number of benzene rings is 4. The summed E-state index contributed by atoms with van der Waals surface area (Å²) in [5.74, 6) is 1.24. The van der Waals surface area contributed by atoms with E-state index in [0.29, 0.717) is 55.5 Å². The van der Waals surface area contributed by atoms with E-state index in [9.17, 15) is 15.5 Å². The number of phenols is 1. The minimum atomic E-state index is -0.272. The van der Waals surface area contributed by atoms with Crippen molar-refractivity contribution >= 4 is 52.5 Å². The van der Waals surface area contributed by atoms with Crippen LogP contribution in [-0.2, 0) is 4.74 Å². The molecule has 1 fully saturated rings. The number of hydrogen-bond donors (Lipinski definition) is 3. The maximum atomic E-state index is 11.3. The van der Waals surface area contributed by atoms with Crippen molar-refractivity contribution in [2.45, 2.75) is 0 Å². The third-order valence-electron chi connectivity index (χ3n) is 6.82. The summed E-state index contributed by atoms with van der Waals surface area (Å²) in [5, 5.41) is 33.7. The molecule has 2 heterocycles. The van der Waals surface area contributed by atoms with Crippen LogP contribution in [0.2, 0.25) is 0 Å². The van der Waals surface area contributed by atoms with E-state index in [1.54, 1.807) is 12.1 Å². The maximum absolute atomic E-state index is 11.3. The van der Waals surface area contributed by atoms with Gasteiger partial charge in [0.2, 0.25) is 17.8 Å². The van der Waals surface area contributed by atoms with Gasteiger partial charge in [0.25, 0.3) is 0 Å². The van der Waals surface area contributed by atoms with Crippen molar-refractivity contribution < 1.29 is 15.1 Å². The fourth-order valence-corrected chi connectivity index (χ4v) is 4.65. The Labute approximate surface area is 253 Å². The zero-order chi connectivity index (χ0) is 30.3. The Bertz CT molecular complexity index is 1690. The van der Waals surface area contributed by atoms with Gasteiger partial charge < -0.3 is 30.5 Å². The molecule has 0 atom stereocenters. The van der Waals surface area contributed by atoms with E-state index < -0.39 is 0 Å². The number of ether oxygens (including phenoxy) is 1. The monoisotopic (exact) mass is 589 g/mol. The Kier molecular flexibility index (Phi) is 8.55. The van der Waals surface area contributed by atoms with Crippen molar-refractivity contribution in [3.05, 3.63) is 114 Å². The zero-order valence-corrected chi connectivity index (χ0v) is 23.6. The van der Waals surface area contributed by atoms with Crippen molar-refractivity contribution in [1.82, 2.24) is 15.0 Å². The average Bonchev–Trinajstić information content (AvgIpc) is 3.06. The molecule has 1 saturated heterocycles. The van der Waals surface area contributed by atoms with E-state index in [-0.39, 0.29) is 22.2 Å². The van der Waals surface area contributed by atoms with Crippen molar-refractivity contribution in [1.29, 1.82) is 0 Å². The van der Waals surface area contributed by atoms with Crippen LogP contribution in [0.3, 0.4) is 0 Å². The van der Waals surface area contributed by atoms with Gasteiger partial charge >= 0.3 is 0 Å². The normalized spacial score (nSPS) is 13.2. The van der Waals surface area contributed by atoms with Crippen molar-refractivity contribution in [3.63, 3.8) is 0 Å². The summed E-state index contributed by atoms with van der Waals surface area (Å²) in [6.07, 6.45) is 1.41. The second-order valence-electron chi connectivity index (χ2n) is 9.81. The summed E-state index contributed by atoms with van der Waals surface area (Å²) in [6, 6.07) is 31.0. The van der Waals surface area contributed by atoms with Gasteiger partial charge in [0.05, 0.1) is 24.6 Å². The first kappa shape index (κ1) is 28.6. The number of rotatable bonds is 9. The van der Waals surface area contributed by atoms with E-state index in [2.05, 4.69) is 15.2 Å². The third-order valence-corrected chi connectivity index (χ3v) is 6.82. The van der Waals surface area contributed by atoms with Gasteiger partial charge in [0.1, 0.15) is 5.75 Å².